The van der Waals surface area contributed by atoms with Crippen LogP contribution in [-0.2, 0) is 0 Å². The Balaban J connectivity index is 0.00000133. The van der Waals surface area contributed by atoms with Crippen LogP contribution in [0.1, 0.15) is 97.3 Å². The summed E-state index contributed by atoms with van der Waals surface area (Å²) in [5, 5.41) is 0. The highest BCUT2D eigenvalue weighted by Crippen LogP contribution is 2.44. The Morgan fingerprint density at radius 1 is 0.316 bits per heavy atom. The fourth-order valence-electron chi connectivity index (χ4n) is 5.30. The summed E-state index contributed by atoms with van der Waals surface area (Å²) in [5.41, 5.74) is 0. The van der Waals surface area contributed by atoms with E-state index in [0.29, 0.717) is 0 Å². The van der Waals surface area contributed by atoms with Gasteiger partial charge in [0.25, 0.3) is 0 Å². The largest absolute Gasteiger partial charge is 0.0776 e. The Morgan fingerprint density at radius 2 is 0.579 bits per heavy atom. The normalized spacial score (nSPS) is 34.7. The van der Waals surface area contributed by atoms with Gasteiger partial charge in [0, 0.05) is 0 Å². The Hall–Kier alpha value is 0. The predicted octanol–water partition coefficient (Wildman–Crippen LogP) is 6.59. The topological polar surface area (TPSA) is 0 Å². The van der Waals surface area contributed by atoms with Gasteiger partial charge in [-0.25, -0.2) is 0 Å². The number of rotatable bonds is 2. The highest BCUT2D eigenvalue weighted by Gasteiger charge is 2.32. The molecule has 0 aromatic heterocycles. The van der Waals surface area contributed by atoms with Crippen molar-refractivity contribution < 1.29 is 0 Å². The third-order valence-corrected chi connectivity index (χ3v) is 6.45. The van der Waals surface area contributed by atoms with Crippen molar-refractivity contribution in [2.45, 2.75) is 97.3 Å². The molecule has 0 saturated heterocycles. The van der Waals surface area contributed by atoms with Gasteiger partial charge < -0.3 is 0 Å². The predicted molar refractivity (Wildman–Crippen MR) is 85.3 cm³/mol. The van der Waals surface area contributed by atoms with Crippen LogP contribution in [0.3, 0.4) is 0 Å². The Kier molecular flexibility index (Phi) is 6.23. The Bertz CT molecular complexity index is 198. The van der Waals surface area contributed by atoms with Gasteiger partial charge in [-0.2, -0.15) is 0 Å². The van der Waals surface area contributed by atoms with Crippen molar-refractivity contribution in [1.29, 1.82) is 0 Å². The molecule has 0 heterocycles. The first kappa shape index (κ1) is 15.4. The van der Waals surface area contributed by atoms with E-state index in [2.05, 4.69) is 0 Å². The molecule has 0 amide bonds. The zero-order chi connectivity index (χ0) is 12.2. The van der Waals surface area contributed by atoms with Gasteiger partial charge in [-0.1, -0.05) is 71.6 Å². The van der Waals surface area contributed by atoms with Crippen LogP contribution in [0.25, 0.3) is 0 Å². The van der Waals surface area contributed by atoms with Crippen molar-refractivity contribution in [3.63, 3.8) is 0 Å². The number of hydrogen-bond acceptors (Lipinski definition) is 0. The van der Waals surface area contributed by atoms with Crippen molar-refractivity contribution >= 4 is 0 Å². The summed E-state index contributed by atoms with van der Waals surface area (Å²) in [6.45, 7) is 0. The second-order valence-electron chi connectivity index (χ2n) is 7.47. The minimum Gasteiger partial charge on any atom is -0.0776 e. The quantitative estimate of drug-likeness (QED) is 0.528. The fraction of sp³-hybridized carbons (Fsp3) is 1.00. The molecule has 0 unspecified atom stereocenters. The van der Waals surface area contributed by atoms with Gasteiger partial charge in [-0.05, 0) is 49.4 Å². The van der Waals surface area contributed by atoms with E-state index < -0.39 is 0 Å². The molecule has 3 saturated carbocycles. The van der Waals surface area contributed by atoms with E-state index >= 15 is 0 Å². The summed E-state index contributed by atoms with van der Waals surface area (Å²) in [6.07, 6.45) is 21.8. The van der Waals surface area contributed by atoms with E-state index in [1.54, 1.807) is 51.4 Å². The van der Waals surface area contributed by atoms with Crippen LogP contribution >= 0.6 is 0 Å². The summed E-state index contributed by atoms with van der Waals surface area (Å²) in [4.78, 5) is 0. The van der Waals surface area contributed by atoms with Gasteiger partial charge in [-0.3, -0.25) is 0 Å². The zero-order valence-electron chi connectivity index (χ0n) is 12.2. The highest BCUT2D eigenvalue weighted by molar-refractivity contribution is 4.83. The molecular formula is C19H36. The minimum atomic E-state index is 0. The van der Waals surface area contributed by atoms with Crippen LogP contribution in [0.15, 0.2) is 0 Å². The molecule has 0 aliphatic heterocycles. The SMILES string of the molecule is C.C1CCC(C2CCC(C3CCCCC3)CC2)CC1. The summed E-state index contributed by atoms with van der Waals surface area (Å²) < 4.78 is 0. The lowest BCUT2D eigenvalue weighted by Crippen LogP contribution is -2.27. The zero-order valence-corrected chi connectivity index (χ0v) is 12.2. The maximum atomic E-state index is 1.59. The molecule has 3 aliphatic carbocycles. The third kappa shape index (κ3) is 3.99. The molecule has 3 fully saturated rings. The van der Waals surface area contributed by atoms with Gasteiger partial charge in [0.1, 0.15) is 0 Å². The van der Waals surface area contributed by atoms with Gasteiger partial charge in [-0.15, -0.1) is 0 Å². The number of hydrogen-bond donors (Lipinski definition) is 0. The van der Waals surface area contributed by atoms with E-state index in [0.717, 1.165) is 23.7 Å². The molecule has 19 heavy (non-hydrogen) atoms. The molecule has 0 bridgehead atoms. The van der Waals surface area contributed by atoms with Crippen LogP contribution in [0.5, 0.6) is 0 Å². The summed E-state index contributed by atoms with van der Waals surface area (Å²) >= 11 is 0. The van der Waals surface area contributed by atoms with Crippen molar-refractivity contribution in [1.82, 2.24) is 0 Å². The molecule has 3 aliphatic rings. The van der Waals surface area contributed by atoms with Crippen LogP contribution in [0, 0.1) is 23.7 Å². The molecule has 0 heteroatoms. The lowest BCUT2D eigenvalue weighted by atomic mass is 9.66. The maximum absolute atomic E-state index is 1.59. The van der Waals surface area contributed by atoms with E-state index in [4.69, 9.17) is 0 Å². The molecule has 0 radical (unpaired) electrons. The molecule has 0 N–H and O–H groups in total. The highest BCUT2D eigenvalue weighted by atomic mass is 14.4. The molecule has 0 aromatic rings. The first-order chi connectivity index (χ1) is 8.93. The Morgan fingerprint density at radius 3 is 0.895 bits per heavy atom. The average molecular weight is 264 g/mol. The monoisotopic (exact) mass is 264 g/mol. The van der Waals surface area contributed by atoms with Crippen molar-refractivity contribution in [3.8, 4) is 0 Å². The molecule has 112 valence electrons. The smallest absolute Gasteiger partial charge is 0.0386 e. The van der Waals surface area contributed by atoms with E-state index in [-0.39, 0.29) is 7.43 Å². The third-order valence-electron chi connectivity index (χ3n) is 6.45. The molecule has 0 nitrogen and oxygen atoms in total. The minimum absolute atomic E-state index is 0. The molecule has 0 atom stereocenters. The molecule has 0 aromatic carbocycles. The summed E-state index contributed by atoms with van der Waals surface area (Å²) in [6, 6.07) is 0. The van der Waals surface area contributed by atoms with Gasteiger partial charge in [0.2, 0.25) is 0 Å². The second-order valence-corrected chi connectivity index (χ2v) is 7.47. The van der Waals surface area contributed by atoms with Crippen molar-refractivity contribution in [3.05, 3.63) is 0 Å². The van der Waals surface area contributed by atoms with E-state index in [9.17, 15) is 0 Å². The maximum Gasteiger partial charge on any atom is -0.0386 e. The molecule has 3 rings (SSSR count). The fourth-order valence-corrected chi connectivity index (χ4v) is 5.30. The van der Waals surface area contributed by atoms with Gasteiger partial charge in [0.15, 0.2) is 0 Å². The van der Waals surface area contributed by atoms with E-state index in [1.165, 1.54) is 38.5 Å². The standard InChI is InChI=1S/C18H32.CH4/c1-3-7-15(8-4-1)17-11-13-18(14-12-17)16-9-5-2-6-10-16;/h15-18H,1-14H2;1H4. The summed E-state index contributed by atoms with van der Waals surface area (Å²) in [5.74, 6) is 4.52. The van der Waals surface area contributed by atoms with Crippen molar-refractivity contribution in [2.24, 2.45) is 23.7 Å². The van der Waals surface area contributed by atoms with Crippen LogP contribution in [-0.4, -0.2) is 0 Å². The van der Waals surface area contributed by atoms with Gasteiger partial charge >= 0.3 is 0 Å². The van der Waals surface area contributed by atoms with Crippen LogP contribution in [0.4, 0.5) is 0 Å². The average Bonchev–Trinajstić information content (AvgIpc) is 2.49. The van der Waals surface area contributed by atoms with Gasteiger partial charge in [0.05, 0.1) is 0 Å². The molecular weight excluding hydrogens is 228 g/mol. The summed E-state index contributed by atoms with van der Waals surface area (Å²) in [7, 11) is 0. The van der Waals surface area contributed by atoms with Crippen LogP contribution < -0.4 is 0 Å². The molecule has 0 spiro atoms. The Labute approximate surface area is 121 Å². The van der Waals surface area contributed by atoms with E-state index in [1.807, 2.05) is 0 Å². The first-order valence-corrected chi connectivity index (χ1v) is 8.93. The lowest BCUT2D eigenvalue weighted by molar-refractivity contribution is 0.123. The lowest BCUT2D eigenvalue weighted by Gasteiger charge is -2.39. The second kappa shape index (κ2) is 7.70. The van der Waals surface area contributed by atoms with Crippen molar-refractivity contribution in [2.75, 3.05) is 0 Å². The first-order valence-electron chi connectivity index (χ1n) is 8.93. The van der Waals surface area contributed by atoms with Crippen LogP contribution in [0.2, 0.25) is 0 Å².